The van der Waals surface area contributed by atoms with E-state index in [4.69, 9.17) is 14.2 Å². The Hall–Kier alpha value is -2.89. The standard InChI is InChI=1S/C66H118O6/c1-4-7-10-13-15-17-19-21-23-25-26-27-28-29-30-31-32-33-34-35-36-37-38-39-40-41-43-44-46-48-50-53-56-59-65(68)71-62-63(61-70-64(67)58-55-52-12-9-6-3)72-66(69)60-57-54-51-49-47-45-42-24-22-20-18-16-14-11-8-5-2/h7,10,15,17,21,23-24,26-27,42,63H,4-6,8-9,11-14,16,18-20,22,25,28-41,43-62H2,1-3H3/b10-7-,17-15-,23-21-,27-26-,42-24-. The molecule has 0 aliphatic rings. The molecule has 1 atom stereocenters. The van der Waals surface area contributed by atoms with Gasteiger partial charge in [0.15, 0.2) is 6.10 Å². The first-order valence-electron chi connectivity index (χ1n) is 31.3. The molecule has 418 valence electrons. The lowest BCUT2D eigenvalue weighted by molar-refractivity contribution is -0.167. The van der Waals surface area contributed by atoms with Gasteiger partial charge in [0.05, 0.1) is 0 Å². The van der Waals surface area contributed by atoms with Crippen LogP contribution in [0.2, 0.25) is 0 Å². The van der Waals surface area contributed by atoms with Gasteiger partial charge in [-0.1, -0.05) is 281 Å². The van der Waals surface area contributed by atoms with Crippen molar-refractivity contribution in [1.29, 1.82) is 0 Å². The van der Waals surface area contributed by atoms with E-state index in [1.807, 2.05) is 0 Å². The van der Waals surface area contributed by atoms with Gasteiger partial charge in [0.2, 0.25) is 0 Å². The second-order valence-corrected chi connectivity index (χ2v) is 20.9. The van der Waals surface area contributed by atoms with Crippen LogP contribution >= 0.6 is 0 Å². The van der Waals surface area contributed by atoms with Crippen LogP contribution in [-0.4, -0.2) is 37.2 Å². The topological polar surface area (TPSA) is 78.9 Å². The van der Waals surface area contributed by atoms with Gasteiger partial charge in [0.25, 0.3) is 0 Å². The van der Waals surface area contributed by atoms with Gasteiger partial charge in [-0.05, 0) is 83.5 Å². The zero-order chi connectivity index (χ0) is 52.2. The van der Waals surface area contributed by atoms with Crippen molar-refractivity contribution < 1.29 is 28.6 Å². The van der Waals surface area contributed by atoms with Crippen LogP contribution in [-0.2, 0) is 28.6 Å². The fourth-order valence-corrected chi connectivity index (χ4v) is 9.08. The lowest BCUT2D eigenvalue weighted by atomic mass is 10.0. The number of carbonyl (C=O) groups is 3. The van der Waals surface area contributed by atoms with E-state index >= 15 is 0 Å². The molecule has 72 heavy (non-hydrogen) atoms. The highest BCUT2D eigenvalue weighted by Crippen LogP contribution is 2.17. The lowest BCUT2D eigenvalue weighted by Gasteiger charge is -2.18. The summed E-state index contributed by atoms with van der Waals surface area (Å²) in [4.78, 5) is 37.8. The van der Waals surface area contributed by atoms with Crippen LogP contribution in [0, 0.1) is 0 Å². The Bertz CT molecular complexity index is 1290. The first kappa shape index (κ1) is 69.1. The molecule has 0 saturated carbocycles. The van der Waals surface area contributed by atoms with Gasteiger partial charge in [0.1, 0.15) is 13.2 Å². The van der Waals surface area contributed by atoms with E-state index in [0.29, 0.717) is 19.3 Å². The molecule has 0 aromatic heterocycles. The molecule has 0 radical (unpaired) electrons. The molecule has 0 bridgehead atoms. The third-order valence-corrected chi connectivity index (χ3v) is 13.8. The predicted molar refractivity (Wildman–Crippen MR) is 312 cm³/mol. The van der Waals surface area contributed by atoms with Crippen LogP contribution in [0.4, 0.5) is 0 Å². The van der Waals surface area contributed by atoms with Gasteiger partial charge < -0.3 is 14.2 Å². The van der Waals surface area contributed by atoms with Crippen molar-refractivity contribution in [2.45, 2.75) is 329 Å². The van der Waals surface area contributed by atoms with Crippen molar-refractivity contribution in [2.75, 3.05) is 13.2 Å². The van der Waals surface area contributed by atoms with E-state index in [0.717, 1.165) is 96.3 Å². The van der Waals surface area contributed by atoms with Crippen molar-refractivity contribution >= 4 is 17.9 Å². The quantitative estimate of drug-likeness (QED) is 0.0261. The van der Waals surface area contributed by atoms with Gasteiger partial charge >= 0.3 is 17.9 Å². The molecule has 0 spiro atoms. The normalized spacial score (nSPS) is 12.4. The second kappa shape index (κ2) is 60.7. The van der Waals surface area contributed by atoms with Crippen molar-refractivity contribution in [3.63, 3.8) is 0 Å². The van der Waals surface area contributed by atoms with E-state index < -0.39 is 6.10 Å². The molecule has 0 aromatic rings. The maximum absolute atomic E-state index is 12.8. The summed E-state index contributed by atoms with van der Waals surface area (Å²) in [5.74, 6) is -0.881. The molecule has 6 heteroatoms. The zero-order valence-corrected chi connectivity index (χ0v) is 47.9. The lowest BCUT2D eigenvalue weighted by Crippen LogP contribution is -2.30. The molecule has 0 aliphatic heterocycles. The van der Waals surface area contributed by atoms with Crippen LogP contribution in [0.15, 0.2) is 60.8 Å². The summed E-state index contributed by atoms with van der Waals surface area (Å²) in [6.45, 7) is 6.47. The largest absolute Gasteiger partial charge is 0.462 e. The molecule has 0 rings (SSSR count). The first-order chi connectivity index (χ1) is 35.5. The molecule has 0 N–H and O–H groups in total. The monoisotopic (exact) mass is 1010 g/mol. The van der Waals surface area contributed by atoms with E-state index in [-0.39, 0.29) is 31.1 Å². The number of carbonyl (C=O) groups excluding carboxylic acids is 3. The fraction of sp³-hybridized carbons (Fsp3) is 0.803. The molecule has 0 saturated heterocycles. The molecule has 0 heterocycles. The smallest absolute Gasteiger partial charge is 0.306 e. The number of unbranched alkanes of at least 4 members (excludes halogenated alkanes) is 36. The number of hydrogen-bond donors (Lipinski definition) is 0. The molecule has 0 amide bonds. The average molecular weight is 1010 g/mol. The highest BCUT2D eigenvalue weighted by Gasteiger charge is 2.19. The minimum Gasteiger partial charge on any atom is -0.462 e. The third-order valence-electron chi connectivity index (χ3n) is 13.8. The molecule has 0 fully saturated rings. The Balaban J connectivity index is 3.91. The number of hydrogen-bond acceptors (Lipinski definition) is 6. The summed E-state index contributed by atoms with van der Waals surface area (Å²) in [5.41, 5.74) is 0. The van der Waals surface area contributed by atoms with Crippen molar-refractivity contribution in [3.05, 3.63) is 60.8 Å². The van der Waals surface area contributed by atoms with Crippen LogP contribution in [0.5, 0.6) is 0 Å². The number of allylic oxidation sites excluding steroid dienone is 10. The minimum atomic E-state index is -0.771. The maximum Gasteiger partial charge on any atom is 0.306 e. The van der Waals surface area contributed by atoms with Crippen molar-refractivity contribution in [2.24, 2.45) is 0 Å². The van der Waals surface area contributed by atoms with Gasteiger partial charge in [-0.2, -0.15) is 0 Å². The highest BCUT2D eigenvalue weighted by molar-refractivity contribution is 5.71. The first-order valence-corrected chi connectivity index (χ1v) is 31.3. The Kier molecular flexibility index (Phi) is 58.2. The van der Waals surface area contributed by atoms with E-state index in [1.165, 1.54) is 186 Å². The molecule has 0 aromatic carbocycles. The van der Waals surface area contributed by atoms with Gasteiger partial charge in [-0.3, -0.25) is 14.4 Å². The highest BCUT2D eigenvalue weighted by atomic mass is 16.6. The fourth-order valence-electron chi connectivity index (χ4n) is 9.08. The Morgan fingerprint density at radius 2 is 0.542 bits per heavy atom. The SMILES string of the molecule is CC/C=C\C/C=C\C/C=C\C/C=C\CCCCCCCCCCCCCCCCCCCCCCC(=O)OCC(COC(=O)CCCCCCC)OC(=O)CCCCCCC/C=C\CCCCCCCCC. The minimum absolute atomic E-state index is 0.0733. The summed E-state index contributed by atoms with van der Waals surface area (Å²) >= 11 is 0. The van der Waals surface area contributed by atoms with Gasteiger partial charge in [-0.15, -0.1) is 0 Å². The summed E-state index contributed by atoms with van der Waals surface area (Å²) < 4.78 is 16.7. The number of esters is 3. The zero-order valence-electron chi connectivity index (χ0n) is 47.9. The molecule has 0 aliphatic carbocycles. The molecular formula is C66H118O6. The van der Waals surface area contributed by atoms with Gasteiger partial charge in [-0.25, -0.2) is 0 Å². The van der Waals surface area contributed by atoms with Crippen molar-refractivity contribution in [1.82, 2.24) is 0 Å². The second-order valence-electron chi connectivity index (χ2n) is 20.9. The predicted octanol–water partition coefficient (Wildman–Crippen LogP) is 21.2. The van der Waals surface area contributed by atoms with Gasteiger partial charge in [0, 0.05) is 19.3 Å². The maximum atomic E-state index is 12.8. The number of ether oxygens (including phenoxy) is 3. The molecule has 1 unspecified atom stereocenters. The van der Waals surface area contributed by atoms with Crippen LogP contribution in [0.3, 0.4) is 0 Å². The average Bonchev–Trinajstić information content (AvgIpc) is 3.38. The summed E-state index contributed by atoms with van der Waals surface area (Å²) in [6, 6.07) is 0. The Labute approximate surface area is 447 Å². The van der Waals surface area contributed by atoms with E-state index in [2.05, 4.69) is 81.5 Å². The van der Waals surface area contributed by atoms with E-state index in [9.17, 15) is 14.4 Å². The molecular weight excluding hydrogens is 889 g/mol. The Morgan fingerprint density at radius 3 is 0.861 bits per heavy atom. The van der Waals surface area contributed by atoms with Crippen LogP contribution in [0.25, 0.3) is 0 Å². The Morgan fingerprint density at radius 1 is 0.292 bits per heavy atom. The summed E-state index contributed by atoms with van der Waals surface area (Å²) in [6.07, 6.45) is 77.2. The summed E-state index contributed by atoms with van der Waals surface area (Å²) in [5, 5.41) is 0. The van der Waals surface area contributed by atoms with E-state index in [1.54, 1.807) is 0 Å². The molecule has 6 nitrogen and oxygen atoms in total. The van der Waals surface area contributed by atoms with Crippen molar-refractivity contribution in [3.8, 4) is 0 Å². The third kappa shape index (κ3) is 58.0. The van der Waals surface area contributed by atoms with Crippen LogP contribution in [0.1, 0.15) is 323 Å². The number of rotatable bonds is 57. The van der Waals surface area contributed by atoms with Crippen LogP contribution < -0.4 is 0 Å². The summed E-state index contributed by atoms with van der Waals surface area (Å²) in [7, 11) is 0.